The van der Waals surface area contributed by atoms with E-state index < -0.39 is 10.1 Å². The lowest BCUT2D eigenvalue weighted by atomic mass is 9.87. The van der Waals surface area contributed by atoms with Crippen LogP contribution in [0.3, 0.4) is 0 Å². The Morgan fingerprint density at radius 3 is 2.60 bits per heavy atom. The molecule has 2 aromatic carbocycles. The highest BCUT2D eigenvalue weighted by Crippen LogP contribution is 2.37. The van der Waals surface area contributed by atoms with Crippen LogP contribution in [0.4, 0.5) is 0 Å². The topological polar surface area (TPSA) is 52.6 Å². The van der Waals surface area contributed by atoms with Gasteiger partial charge in [-0.15, -0.1) is 0 Å². The third-order valence-corrected chi connectivity index (χ3v) is 6.35. The zero-order valence-electron chi connectivity index (χ0n) is 14.3. The Labute approximate surface area is 148 Å². The van der Waals surface area contributed by atoms with Gasteiger partial charge >= 0.3 is 0 Å². The summed E-state index contributed by atoms with van der Waals surface area (Å²) in [6.07, 6.45) is 5.16. The standard InChI is InChI=1S/C20H22O4S/c1-14-6-9-17(10-7-14)25(21,22)23-13-16-12-19-18-5-3-2-4-15(18)8-11-20(19)24-16/h6-11,16H,2-5,12-13H2,1H3. The quantitative estimate of drug-likeness (QED) is 0.784. The predicted octanol–water partition coefficient (Wildman–Crippen LogP) is 3.58. The van der Waals surface area contributed by atoms with Crippen molar-refractivity contribution < 1.29 is 17.3 Å². The second-order valence-electron chi connectivity index (χ2n) is 6.88. The van der Waals surface area contributed by atoms with E-state index in [0.29, 0.717) is 0 Å². The zero-order chi connectivity index (χ0) is 17.4. The molecule has 0 amide bonds. The first kappa shape index (κ1) is 16.6. The molecule has 4 rings (SSSR count). The molecule has 25 heavy (non-hydrogen) atoms. The van der Waals surface area contributed by atoms with E-state index in [-0.39, 0.29) is 17.6 Å². The van der Waals surface area contributed by atoms with Crippen molar-refractivity contribution in [3.8, 4) is 5.75 Å². The Bertz CT molecular complexity index is 885. The SMILES string of the molecule is Cc1ccc(S(=O)(=O)OCC2Cc3c(ccc4c3CCCC4)O2)cc1. The third kappa shape index (κ3) is 3.31. The Morgan fingerprint density at radius 2 is 1.80 bits per heavy atom. The van der Waals surface area contributed by atoms with Gasteiger partial charge in [0.1, 0.15) is 18.5 Å². The Kier molecular flexibility index (Phi) is 4.29. The van der Waals surface area contributed by atoms with Crippen LogP contribution in [0.2, 0.25) is 0 Å². The van der Waals surface area contributed by atoms with Crippen LogP contribution >= 0.6 is 0 Å². The monoisotopic (exact) mass is 358 g/mol. The molecule has 4 nitrogen and oxygen atoms in total. The number of aryl methyl sites for hydroxylation is 2. The molecule has 0 bridgehead atoms. The van der Waals surface area contributed by atoms with Crippen LogP contribution < -0.4 is 4.74 Å². The van der Waals surface area contributed by atoms with E-state index in [9.17, 15) is 8.42 Å². The lowest BCUT2D eigenvalue weighted by molar-refractivity contribution is 0.152. The average molecular weight is 358 g/mol. The number of ether oxygens (including phenoxy) is 1. The molecular formula is C20H22O4S. The van der Waals surface area contributed by atoms with Crippen molar-refractivity contribution in [2.24, 2.45) is 0 Å². The molecule has 1 heterocycles. The van der Waals surface area contributed by atoms with Crippen molar-refractivity contribution in [1.29, 1.82) is 0 Å². The van der Waals surface area contributed by atoms with Gasteiger partial charge in [0.15, 0.2) is 0 Å². The number of rotatable bonds is 4. The van der Waals surface area contributed by atoms with Crippen LogP contribution in [0.25, 0.3) is 0 Å². The van der Waals surface area contributed by atoms with Gasteiger partial charge in [0, 0.05) is 12.0 Å². The van der Waals surface area contributed by atoms with Crippen molar-refractivity contribution in [2.45, 2.75) is 50.0 Å². The first-order chi connectivity index (χ1) is 12.0. The lowest BCUT2D eigenvalue weighted by Gasteiger charge is -2.17. The smallest absolute Gasteiger partial charge is 0.297 e. The van der Waals surface area contributed by atoms with Crippen LogP contribution in [0.5, 0.6) is 5.75 Å². The highest BCUT2D eigenvalue weighted by molar-refractivity contribution is 7.86. The van der Waals surface area contributed by atoms with Crippen molar-refractivity contribution in [3.05, 3.63) is 58.7 Å². The maximum atomic E-state index is 12.3. The molecule has 0 saturated heterocycles. The molecule has 132 valence electrons. The molecule has 0 aromatic heterocycles. The fourth-order valence-electron chi connectivity index (χ4n) is 3.70. The Balaban J connectivity index is 1.45. The summed E-state index contributed by atoms with van der Waals surface area (Å²) in [5.74, 6) is 0.891. The minimum atomic E-state index is -3.75. The fraction of sp³-hybridized carbons (Fsp3) is 0.400. The summed E-state index contributed by atoms with van der Waals surface area (Å²) in [5.41, 5.74) is 5.09. The van der Waals surface area contributed by atoms with E-state index in [2.05, 4.69) is 6.07 Å². The molecule has 1 aliphatic carbocycles. The van der Waals surface area contributed by atoms with Gasteiger partial charge in [-0.05, 0) is 61.9 Å². The van der Waals surface area contributed by atoms with E-state index in [1.54, 1.807) is 24.3 Å². The average Bonchev–Trinajstić information content (AvgIpc) is 3.04. The number of fused-ring (bicyclic) bond motifs is 3. The molecule has 0 fully saturated rings. The van der Waals surface area contributed by atoms with E-state index in [0.717, 1.165) is 30.6 Å². The normalized spacial score (nSPS) is 19.2. The summed E-state index contributed by atoms with van der Waals surface area (Å²) < 4.78 is 35.9. The van der Waals surface area contributed by atoms with Gasteiger partial charge in [0.25, 0.3) is 10.1 Å². The van der Waals surface area contributed by atoms with Gasteiger partial charge in [-0.25, -0.2) is 0 Å². The number of benzene rings is 2. The van der Waals surface area contributed by atoms with Crippen LogP contribution in [-0.4, -0.2) is 21.1 Å². The number of hydrogen-bond acceptors (Lipinski definition) is 4. The maximum Gasteiger partial charge on any atom is 0.297 e. The van der Waals surface area contributed by atoms with Gasteiger partial charge in [0.05, 0.1) is 4.90 Å². The molecule has 1 aliphatic heterocycles. The summed E-state index contributed by atoms with van der Waals surface area (Å²) in [6.45, 7) is 1.96. The fourth-order valence-corrected chi connectivity index (χ4v) is 4.63. The van der Waals surface area contributed by atoms with Crippen LogP contribution in [-0.2, 0) is 33.6 Å². The Morgan fingerprint density at radius 1 is 1.04 bits per heavy atom. The molecule has 5 heteroatoms. The molecule has 0 N–H and O–H groups in total. The van der Waals surface area contributed by atoms with E-state index in [4.69, 9.17) is 8.92 Å². The summed E-state index contributed by atoms with van der Waals surface area (Å²) in [4.78, 5) is 0.186. The third-order valence-electron chi connectivity index (χ3n) is 5.05. The van der Waals surface area contributed by atoms with E-state index >= 15 is 0 Å². The molecule has 1 atom stereocenters. The van der Waals surface area contributed by atoms with Crippen molar-refractivity contribution >= 4 is 10.1 Å². The van der Waals surface area contributed by atoms with Gasteiger partial charge < -0.3 is 4.74 Å². The van der Waals surface area contributed by atoms with Crippen LogP contribution in [0.1, 0.15) is 35.1 Å². The van der Waals surface area contributed by atoms with Crippen molar-refractivity contribution in [2.75, 3.05) is 6.61 Å². The second-order valence-corrected chi connectivity index (χ2v) is 8.50. The molecule has 0 saturated carbocycles. The molecule has 2 aromatic rings. The van der Waals surface area contributed by atoms with Crippen LogP contribution in [0, 0.1) is 6.92 Å². The lowest BCUT2D eigenvalue weighted by Crippen LogP contribution is -2.23. The van der Waals surface area contributed by atoms with Gasteiger partial charge in [0.2, 0.25) is 0 Å². The predicted molar refractivity (Wildman–Crippen MR) is 95.5 cm³/mol. The van der Waals surface area contributed by atoms with Crippen molar-refractivity contribution in [1.82, 2.24) is 0 Å². The highest BCUT2D eigenvalue weighted by atomic mass is 32.2. The van der Waals surface area contributed by atoms with E-state index in [1.807, 2.05) is 13.0 Å². The molecule has 2 aliphatic rings. The molecular weight excluding hydrogens is 336 g/mol. The van der Waals surface area contributed by atoms with Gasteiger partial charge in [-0.1, -0.05) is 23.8 Å². The molecule has 0 spiro atoms. The summed E-state index contributed by atoms with van der Waals surface area (Å²) >= 11 is 0. The van der Waals surface area contributed by atoms with Crippen LogP contribution in [0.15, 0.2) is 41.3 Å². The minimum absolute atomic E-state index is 0.0413. The van der Waals surface area contributed by atoms with Crippen molar-refractivity contribution in [3.63, 3.8) is 0 Å². The summed E-state index contributed by atoms with van der Waals surface area (Å²) in [6, 6.07) is 10.9. The van der Waals surface area contributed by atoms with E-state index in [1.165, 1.54) is 29.5 Å². The maximum absolute atomic E-state index is 12.3. The highest BCUT2D eigenvalue weighted by Gasteiger charge is 2.29. The molecule has 1 unspecified atom stereocenters. The first-order valence-corrected chi connectivity index (χ1v) is 10.2. The summed E-state index contributed by atoms with van der Waals surface area (Å²) in [5, 5.41) is 0. The largest absolute Gasteiger partial charge is 0.487 e. The number of hydrogen-bond donors (Lipinski definition) is 0. The molecule has 0 radical (unpaired) electrons. The Hall–Kier alpha value is -1.85. The minimum Gasteiger partial charge on any atom is -0.487 e. The van der Waals surface area contributed by atoms with Gasteiger partial charge in [-0.3, -0.25) is 4.18 Å². The zero-order valence-corrected chi connectivity index (χ0v) is 15.1. The first-order valence-electron chi connectivity index (χ1n) is 8.79. The van der Waals surface area contributed by atoms with Gasteiger partial charge in [-0.2, -0.15) is 8.42 Å². The second kappa shape index (κ2) is 6.46. The summed E-state index contributed by atoms with van der Waals surface area (Å²) in [7, 11) is -3.75.